The lowest BCUT2D eigenvalue weighted by atomic mass is 10.1. The molecule has 20 heavy (non-hydrogen) atoms. The van der Waals surface area contributed by atoms with E-state index in [2.05, 4.69) is 5.32 Å². The summed E-state index contributed by atoms with van der Waals surface area (Å²) in [5.41, 5.74) is 7.35. The van der Waals surface area contributed by atoms with Gasteiger partial charge in [-0.25, -0.2) is 4.39 Å². The van der Waals surface area contributed by atoms with E-state index < -0.39 is 5.82 Å². The Bertz CT molecular complexity index is 675. The lowest BCUT2D eigenvalue weighted by Gasteiger charge is -2.07. The lowest BCUT2D eigenvalue weighted by molar-refractivity contribution is 0.0952. The van der Waals surface area contributed by atoms with Crippen LogP contribution in [0.25, 0.3) is 0 Å². The number of carbonyl (C=O) groups excluding carboxylic acids is 1. The van der Waals surface area contributed by atoms with Gasteiger partial charge >= 0.3 is 0 Å². The van der Waals surface area contributed by atoms with Crippen LogP contribution in [-0.4, -0.2) is 5.91 Å². The van der Waals surface area contributed by atoms with Crippen molar-refractivity contribution in [2.24, 2.45) is 0 Å². The number of nitrogen functional groups attached to an aromatic ring is 1. The summed E-state index contributed by atoms with van der Waals surface area (Å²) in [6, 6.07) is 12.5. The Kier molecular flexibility index (Phi) is 3.96. The number of hydrogen-bond acceptors (Lipinski definition) is 3. The van der Waals surface area contributed by atoms with E-state index in [1.807, 2.05) is 6.07 Å². The second kappa shape index (κ2) is 5.85. The molecule has 3 N–H and O–H groups in total. The first-order chi connectivity index (χ1) is 9.60. The zero-order chi connectivity index (χ0) is 14.5. The molecule has 0 spiro atoms. The molecule has 0 aliphatic heterocycles. The van der Waals surface area contributed by atoms with Crippen molar-refractivity contribution >= 4 is 11.6 Å². The van der Waals surface area contributed by atoms with Gasteiger partial charge in [0.2, 0.25) is 0 Å². The molecule has 4 nitrogen and oxygen atoms in total. The van der Waals surface area contributed by atoms with Crippen molar-refractivity contribution in [3.63, 3.8) is 0 Å². The summed E-state index contributed by atoms with van der Waals surface area (Å²) < 4.78 is 12.9. The summed E-state index contributed by atoms with van der Waals surface area (Å²) in [6.07, 6.45) is 0. The van der Waals surface area contributed by atoms with Crippen LogP contribution < -0.4 is 11.1 Å². The van der Waals surface area contributed by atoms with Gasteiger partial charge in [-0.2, -0.15) is 5.26 Å². The first-order valence-electron chi connectivity index (χ1n) is 5.92. The highest BCUT2D eigenvalue weighted by Crippen LogP contribution is 2.13. The number of nitriles is 1. The number of nitrogens with two attached hydrogens (primary N) is 1. The van der Waals surface area contributed by atoms with Gasteiger partial charge in [-0.1, -0.05) is 12.1 Å². The van der Waals surface area contributed by atoms with Gasteiger partial charge in [0, 0.05) is 12.2 Å². The maximum absolute atomic E-state index is 12.9. The molecular formula is C15H12FN3O. The zero-order valence-corrected chi connectivity index (χ0v) is 10.6. The number of nitrogens with one attached hydrogen (secondary N) is 1. The average Bonchev–Trinajstić information content (AvgIpc) is 2.45. The Labute approximate surface area is 115 Å². The van der Waals surface area contributed by atoms with Gasteiger partial charge in [-0.15, -0.1) is 0 Å². The summed E-state index contributed by atoms with van der Waals surface area (Å²) in [6.45, 7) is 0.307. The van der Waals surface area contributed by atoms with Crippen molar-refractivity contribution in [2.45, 2.75) is 6.54 Å². The molecule has 0 saturated carbocycles. The fourth-order valence-electron chi connectivity index (χ4n) is 1.72. The van der Waals surface area contributed by atoms with E-state index in [0.717, 1.165) is 11.6 Å². The van der Waals surface area contributed by atoms with Crippen LogP contribution in [0.1, 0.15) is 21.5 Å². The highest BCUT2D eigenvalue weighted by Gasteiger charge is 2.09. The lowest BCUT2D eigenvalue weighted by Crippen LogP contribution is -2.23. The first-order valence-corrected chi connectivity index (χ1v) is 5.92. The van der Waals surface area contributed by atoms with E-state index >= 15 is 0 Å². The van der Waals surface area contributed by atoms with Crippen LogP contribution in [0, 0.1) is 17.1 Å². The van der Waals surface area contributed by atoms with Gasteiger partial charge in [0.1, 0.15) is 5.82 Å². The standard InChI is InChI=1S/C15H12FN3O/c16-12-5-6-13(14(18)7-12)15(20)19-9-11-3-1-10(8-17)2-4-11/h1-7H,9,18H2,(H,19,20). The third-order valence-corrected chi connectivity index (χ3v) is 2.79. The maximum atomic E-state index is 12.9. The van der Waals surface area contributed by atoms with Gasteiger partial charge in [0.15, 0.2) is 0 Å². The Morgan fingerprint density at radius 2 is 1.95 bits per heavy atom. The molecule has 0 heterocycles. The highest BCUT2D eigenvalue weighted by molar-refractivity contribution is 5.99. The van der Waals surface area contributed by atoms with Crippen molar-refractivity contribution in [3.8, 4) is 6.07 Å². The largest absolute Gasteiger partial charge is 0.398 e. The molecule has 0 bridgehead atoms. The molecule has 0 fully saturated rings. The highest BCUT2D eigenvalue weighted by atomic mass is 19.1. The molecule has 2 rings (SSSR count). The predicted octanol–water partition coefficient (Wildman–Crippen LogP) is 2.21. The van der Waals surface area contributed by atoms with Crippen LogP contribution in [0.4, 0.5) is 10.1 Å². The van der Waals surface area contributed by atoms with Gasteiger partial charge in [0.05, 0.1) is 17.2 Å². The number of benzene rings is 2. The number of nitrogens with zero attached hydrogens (tertiary/aromatic N) is 1. The summed E-state index contributed by atoms with van der Waals surface area (Å²) in [5.74, 6) is -0.849. The second-order valence-electron chi connectivity index (χ2n) is 4.22. The Morgan fingerprint density at radius 3 is 2.55 bits per heavy atom. The topological polar surface area (TPSA) is 78.9 Å². The minimum atomic E-state index is -0.480. The number of carbonyl (C=O) groups is 1. The van der Waals surface area contributed by atoms with Crippen molar-refractivity contribution in [1.82, 2.24) is 5.32 Å². The summed E-state index contributed by atoms with van der Waals surface area (Å²) in [7, 11) is 0. The van der Waals surface area contributed by atoms with Gasteiger partial charge < -0.3 is 11.1 Å². The molecule has 1 amide bonds. The Hall–Kier alpha value is -2.87. The number of hydrogen-bond donors (Lipinski definition) is 2. The fourth-order valence-corrected chi connectivity index (χ4v) is 1.72. The van der Waals surface area contributed by atoms with Crippen molar-refractivity contribution < 1.29 is 9.18 Å². The van der Waals surface area contributed by atoms with Crippen LogP contribution in [0.3, 0.4) is 0 Å². The van der Waals surface area contributed by atoms with E-state index in [1.54, 1.807) is 24.3 Å². The monoisotopic (exact) mass is 269 g/mol. The molecule has 5 heteroatoms. The van der Waals surface area contributed by atoms with E-state index in [4.69, 9.17) is 11.0 Å². The Morgan fingerprint density at radius 1 is 1.25 bits per heavy atom. The third-order valence-electron chi connectivity index (χ3n) is 2.79. The molecule has 0 radical (unpaired) electrons. The van der Waals surface area contributed by atoms with Crippen LogP contribution >= 0.6 is 0 Å². The van der Waals surface area contributed by atoms with Crippen molar-refractivity contribution in [1.29, 1.82) is 5.26 Å². The molecule has 0 aromatic heterocycles. The second-order valence-corrected chi connectivity index (χ2v) is 4.22. The zero-order valence-electron chi connectivity index (χ0n) is 10.6. The molecule has 0 aliphatic rings. The predicted molar refractivity (Wildman–Crippen MR) is 73.1 cm³/mol. The quantitative estimate of drug-likeness (QED) is 0.838. The number of amides is 1. The van der Waals surface area contributed by atoms with Crippen LogP contribution in [-0.2, 0) is 6.54 Å². The van der Waals surface area contributed by atoms with Crippen LogP contribution in [0.15, 0.2) is 42.5 Å². The molecule has 2 aromatic carbocycles. The minimum absolute atomic E-state index is 0.0994. The minimum Gasteiger partial charge on any atom is -0.398 e. The number of anilines is 1. The van der Waals surface area contributed by atoms with Crippen LogP contribution in [0.5, 0.6) is 0 Å². The summed E-state index contributed by atoms with van der Waals surface area (Å²) in [5, 5.41) is 11.4. The molecular weight excluding hydrogens is 257 g/mol. The van der Waals surface area contributed by atoms with Crippen LogP contribution in [0.2, 0.25) is 0 Å². The van der Waals surface area contributed by atoms with E-state index in [-0.39, 0.29) is 17.2 Å². The first kappa shape index (κ1) is 13.6. The van der Waals surface area contributed by atoms with Gasteiger partial charge in [0.25, 0.3) is 5.91 Å². The van der Waals surface area contributed by atoms with E-state index in [0.29, 0.717) is 12.1 Å². The smallest absolute Gasteiger partial charge is 0.253 e. The molecule has 100 valence electrons. The molecule has 0 aliphatic carbocycles. The van der Waals surface area contributed by atoms with E-state index in [1.165, 1.54) is 12.1 Å². The molecule has 0 atom stereocenters. The van der Waals surface area contributed by atoms with Crippen molar-refractivity contribution in [2.75, 3.05) is 5.73 Å². The maximum Gasteiger partial charge on any atom is 0.253 e. The van der Waals surface area contributed by atoms with E-state index in [9.17, 15) is 9.18 Å². The summed E-state index contributed by atoms with van der Waals surface area (Å²) >= 11 is 0. The van der Waals surface area contributed by atoms with Crippen molar-refractivity contribution in [3.05, 3.63) is 65.0 Å². The molecule has 2 aromatic rings. The average molecular weight is 269 g/mol. The Balaban J connectivity index is 2.03. The third kappa shape index (κ3) is 3.12. The van der Waals surface area contributed by atoms with Gasteiger partial charge in [-0.3, -0.25) is 4.79 Å². The van der Waals surface area contributed by atoms with Gasteiger partial charge in [-0.05, 0) is 35.9 Å². The summed E-state index contributed by atoms with van der Waals surface area (Å²) in [4.78, 5) is 11.9. The SMILES string of the molecule is N#Cc1ccc(CNC(=O)c2ccc(F)cc2N)cc1. The normalized spacial score (nSPS) is 9.80. The fraction of sp³-hybridized carbons (Fsp3) is 0.0667. The molecule has 0 unspecified atom stereocenters. The molecule has 0 saturated heterocycles. The number of halogens is 1. The number of rotatable bonds is 3.